The van der Waals surface area contributed by atoms with Gasteiger partial charge in [0.1, 0.15) is 5.82 Å². The van der Waals surface area contributed by atoms with E-state index in [9.17, 15) is 14.0 Å². The van der Waals surface area contributed by atoms with Gasteiger partial charge >= 0.3 is 5.97 Å². The van der Waals surface area contributed by atoms with E-state index in [0.29, 0.717) is 22.5 Å². The molecule has 1 heterocycles. The molecule has 3 aromatic rings. The van der Waals surface area contributed by atoms with Crippen LogP contribution < -0.4 is 4.80 Å². The third-order valence-electron chi connectivity index (χ3n) is 3.91. The number of aryl methyl sites for hydroxylation is 1. The number of ether oxygens (including phenoxy) is 1. The number of carbonyl (C=O) groups is 2. The number of thiazole rings is 1. The minimum absolute atomic E-state index is 0.103. The molecule has 0 aliphatic heterocycles. The minimum Gasteiger partial charge on any atom is -0.465 e. The van der Waals surface area contributed by atoms with Crippen molar-refractivity contribution in [2.24, 2.45) is 4.99 Å². The number of benzene rings is 2. The summed E-state index contributed by atoms with van der Waals surface area (Å²) in [5.74, 6) is -1.05. The van der Waals surface area contributed by atoms with Crippen LogP contribution in [-0.4, -0.2) is 23.6 Å². The average Bonchev–Trinajstić information content (AvgIpc) is 2.98. The molecule has 0 N–H and O–H groups in total. The number of rotatable bonds is 4. The normalized spacial score (nSPS) is 11.7. The van der Waals surface area contributed by atoms with E-state index in [2.05, 4.69) is 4.99 Å². The first-order valence-electron chi connectivity index (χ1n) is 8.05. The highest BCUT2D eigenvalue weighted by atomic mass is 32.1. The topological polar surface area (TPSA) is 60.7 Å². The summed E-state index contributed by atoms with van der Waals surface area (Å²) in [5, 5.41) is 0. The fourth-order valence-corrected chi connectivity index (χ4v) is 3.78. The highest BCUT2D eigenvalue weighted by Crippen LogP contribution is 2.20. The molecule has 26 heavy (non-hydrogen) atoms. The quantitative estimate of drug-likeness (QED) is 0.660. The zero-order valence-electron chi connectivity index (χ0n) is 14.4. The molecule has 1 amide bonds. The molecule has 0 spiro atoms. The summed E-state index contributed by atoms with van der Waals surface area (Å²) in [6, 6.07) is 11.0. The number of hydrogen-bond acceptors (Lipinski definition) is 4. The monoisotopic (exact) mass is 372 g/mol. The minimum atomic E-state index is -0.408. The van der Waals surface area contributed by atoms with Crippen LogP contribution >= 0.6 is 11.3 Å². The molecule has 0 atom stereocenters. The second-order valence-corrected chi connectivity index (χ2v) is 6.62. The SMILES string of the molecule is CCn1c(=NC(=O)Cc2ccc(F)cc2)sc2cc(C(=O)OC)ccc21. The Morgan fingerprint density at radius 2 is 1.92 bits per heavy atom. The van der Waals surface area contributed by atoms with Crippen molar-refractivity contribution in [2.75, 3.05) is 7.11 Å². The summed E-state index contributed by atoms with van der Waals surface area (Å²) in [4.78, 5) is 28.8. The Bertz CT molecular complexity index is 1040. The van der Waals surface area contributed by atoms with Gasteiger partial charge in [0.05, 0.1) is 29.3 Å². The summed E-state index contributed by atoms with van der Waals surface area (Å²) < 4.78 is 20.5. The number of halogens is 1. The molecule has 0 radical (unpaired) electrons. The van der Waals surface area contributed by atoms with E-state index >= 15 is 0 Å². The van der Waals surface area contributed by atoms with Crippen LogP contribution in [0.4, 0.5) is 4.39 Å². The Kier molecular flexibility index (Phi) is 5.27. The standard InChI is InChI=1S/C19H17FN2O3S/c1-3-22-15-9-6-13(18(24)25-2)11-16(15)26-19(22)21-17(23)10-12-4-7-14(20)8-5-12/h4-9,11H,3,10H2,1-2H3. The van der Waals surface area contributed by atoms with Crippen LogP contribution in [-0.2, 0) is 22.5 Å². The Morgan fingerprint density at radius 3 is 2.58 bits per heavy atom. The second kappa shape index (κ2) is 7.61. The van der Waals surface area contributed by atoms with Gasteiger partial charge in [-0.15, -0.1) is 0 Å². The lowest BCUT2D eigenvalue weighted by molar-refractivity contribution is -0.117. The average molecular weight is 372 g/mol. The van der Waals surface area contributed by atoms with E-state index < -0.39 is 5.97 Å². The Balaban J connectivity index is 1.97. The molecule has 5 nitrogen and oxygen atoms in total. The molecule has 0 bridgehead atoms. The molecular formula is C19H17FN2O3S. The van der Waals surface area contributed by atoms with Gasteiger partial charge in [0.15, 0.2) is 4.80 Å². The Morgan fingerprint density at radius 1 is 1.19 bits per heavy atom. The van der Waals surface area contributed by atoms with Crippen LogP contribution in [0.1, 0.15) is 22.8 Å². The van der Waals surface area contributed by atoms with Crippen molar-refractivity contribution in [2.45, 2.75) is 19.9 Å². The predicted molar refractivity (Wildman–Crippen MR) is 97.5 cm³/mol. The maximum atomic E-state index is 13.0. The molecule has 2 aromatic carbocycles. The first-order valence-corrected chi connectivity index (χ1v) is 8.87. The van der Waals surface area contributed by atoms with Crippen LogP contribution in [0.5, 0.6) is 0 Å². The molecule has 1 aromatic heterocycles. The first kappa shape index (κ1) is 18.0. The number of methoxy groups -OCH3 is 1. The lowest BCUT2D eigenvalue weighted by atomic mass is 10.1. The van der Waals surface area contributed by atoms with Gasteiger partial charge in [0, 0.05) is 6.54 Å². The molecule has 0 fully saturated rings. The van der Waals surface area contributed by atoms with Crippen LogP contribution in [0.25, 0.3) is 10.2 Å². The Labute approximate surface area is 153 Å². The maximum Gasteiger partial charge on any atom is 0.337 e. The van der Waals surface area contributed by atoms with Crippen LogP contribution in [0, 0.1) is 5.82 Å². The van der Waals surface area contributed by atoms with E-state index in [0.717, 1.165) is 10.2 Å². The number of esters is 1. The molecule has 7 heteroatoms. The molecule has 0 aliphatic carbocycles. The van der Waals surface area contributed by atoms with Crippen molar-refractivity contribution in [3.05, 3.63) is 64.2 Å². The molecule has 3 rings (SSSR count). The second-order valence-electron chi connectivity index (χ2n) is 5.61. The molecule has 0 saturated heterocycles. The van der Waals surface area contributed by atoms with Gasteiger partial charge in [-0.05, 0) is 42.8 Å². The first-order chi connectivity index (χ1) is 12.5. The predicted octanol–water partition coefficient (Wildman–Crippen LogP) is 3.32. The van der Waals surface area contributed by atoms with Crippen molar-refractivity contribution in [1.82, 2.24) is 4.57 Å². The van der Waals surface area contributed by atoms with Gasteiger partial charge in [0.2, 0.25) is 0 Å². The summed E-state index contributed by atoms with van der Waals surface area (Å²) in [6.07, 6.45) is 0.103. The largest absolute Gasteiger partial charge is 0.465 e. The van der Waals surface area contributed by atoms with Crippen molar-refractivity contribution in [1.29, 1.82) is 0 Å². The van der Waals surface area contributed by atoms with E-state index in [1.54, 1.807) is 24.3 Å². The van der Waals surface area contributed by atoms with E-state index in [1.807, 2.05) is 17.6 Å². The molecule has 0 saturated carbocycles. The van der Waals surface area contributed by atoms with Crippen molar-refractivity contribution < 1.29 is 18.7 Å². The van der Waals surface area contributed by atoms with Crippen molar-refractivity contribution >= 4 is 33.4 Å². The third-order valence-corrected chi connectivity index (χ3v) is 4.95. The van der Waals surface area contributed by atoms with Gasteiger partial charge in [-0.25, -0.2) is 9.18 Å². The molecule has 0 unspecified atom stereocenters. The van der Waals surface area contributed by atoms with Crippen LogP contribution in [0.15, 0.2) is 47.5 Å². The lowest BCUT2D eigenvalue weighted by Crippen LogP contribution is -2.16. The van der Waals surface area contributed by atoms with Gasteiger partial charge in [0.25, 0.3) is 5.91 Å². The maximum absolute atomic E-state index is 13.0. The summed E-state index contributed by atoms with van der Waals surface area (Å²) in [6.45, 7) is 2.60. The van der Waals surface area contributed by atoms with Crippen LogP contribution in [0.2, 0.25) is 0 Å². The molecule has 134 valence electrons. The van der Waals surface area contributed by atoms with E-state index in [-0.39, 0.29) is 18.1 Å². The van der Waals surface area contributed by atoms with E-state index in [1.165, 1.54) is 30.6 Å². The number of carbonyl (C=O) groups excluding carboxylic acids is 2. The van der Waals surface area contributed by atoms with Gasteiger partial charge in [-0.1, -0.05) is 23.5 Å². The number of aromatic nitrogens is 1. The number of fused-ring (bicyclic) bond motifs is 1. The van der Waals surface area contributed by atoms with Crippen molar-refractivity contribution in [3.8, 4) is 0 Å². The fraction of sp³-hybridized carbons (Fsp3) is 0.211. The number of hydrogen-bond donors (Lipinski definition) is 0. The highest BCUT2D eigenvalue weighted by Gasteiger charge is 2.11. The van der Waals surface area contributed by atoms with Crippen LogP contribution in [0.3, 0.4) is 0 Å². The van der Waals surface area contributed by atoms with Gasteiger partial charge < -0.3 is 9.30 Å². The lowest BCUT2D eigenvalue weighted by Gasteiger charge is -2.02. The summed E-state index contributed by atoms with van der Waals surface area (Å²) in [7, 11) is 1.34. The zero-order chi connectivity index (χ0) is 18.7. The summed E-state index contributed by atoms with van der Waals surface area (Å²) in [5.41, 5.74) is 2.06. The molecular weight excluding hydrogens is 355 g/mol. The van der Waals surface area contributed by atoms with E-state index in [4.69, 9.17) is 4.74 Å². The van der Waals surface area contributed by atoms with Gasteiger partial charge in [-0.2, -0.15) is 4.99 Å². The fourth-order valence-electron chi connectivity index (χ4n) is 2.63. The number of nitrogens with zero attached hydrogens (tertiary/aromatic N) is 2. The highest BCUT2D eigenvalue weighted by molar-refractivity contribution is 7.16. The zero-order valence-corrected chi connectivity index (χ0v) is 15.2. The Hall–Kier alpha value is -2.80. The van der Waals surface area contributed by atoms with Gasteiger partial charge in [-0.3, -0.25) is 4.79 Å². The summed E-state index contributed by atoms with van der Waals surface area (Å²) >= 11 is 1.34. The smallest absolute Gasteiger partial charge is 0.337 e. The van der Waals surface area contributed by atoms with Crippen molar-refractivity contribution in [3.63, 3.8) is 0 Å². The molecule has 0 aliphatic rings. The number of amides is 1. The third kappa shape index (κ3) is 3.72.